The number of halogens is 1. The third kappa shape index (κ3) is 2.16. The van der Waals surface area contributed by atoms with Gasteiger partial charge in [-0.3, -0.25) is 9.59 Å². The highest BCUT2D eigenvalue weighted by molar-refractivity contribution is 9.10. The van der Waals surface area contributed by atoms with Crippen molar-refractivity contribution in [1.82, 2.24) is 0 Å². The molecule has 6 heteroatoms. The van der Waals surface area contributed by atoms with Gasteiger partial charge in [0.15, 0.2) is 0 Å². The normalized spacial score (nSPS) is 14.3. The first-order valence-corrected chi connectivity index (χ1v) is 5.42. The predicted molar refractivity (Wildman–Crippen MR) is 62.6 cm³/mol. The summed E-state index contributed by atoms with van der Waals surface area (Å²) in [4.78, 5) is 23.6. The SMILES string of the molecule is O=C(O)CN1CC(=O)Nc2ccc(Br)cc21. The third-order valence-electron chi connectivity index (χ3n) is 2.24. The quantitative estimate of drug-likeness (QED) is 0.859. The summed E-state index contributed by atoms with van der Waals surface area (Å²) in [5.41, 5.74) is 1.36. The minimum atomic E-state index is -0.958. The van der Waals surface area contributed by atoms with Crippen LogP contribution in [0.4, 0.5) is 11.4 Å². The van der Waals surface area contributed by atoms with Crippen LogP contribution < -0.4 is 10.2 Å². The van der Waals surface area contributed by atoms with Crippen LogP contribution >= 0.6 is 15.9 Å². The molecule has 5 nitrogen and oxygen atoms in total. The van der Waals surface area contributed by atoms with Crippen molar-refractivity contribution >= 4 is 39.2 Å². The van der Waals surface area contributed by atoms with Crippen molar-refractivity contribution < 1.29 is 14.7 Å². The van der Waals surface area contributed by atoms with Gasteiger partial charge in [0.05, 0.1) is 17.9 Å². The number of carbonyl (C=O) groups excluding carboxylic acids is 1. The van der Waals surface area contributed by atoms with Crippen LogP contribution in [0.1, 0.15) is 0 Å². The molecule has 1 amide bonds. The third-order valence-corrected chi connectivity index (χ3v) is 2.73. The van der Waals surface area contributed by atoms with Crippen molar-refractivity contribution in [2.45, 2.75) is 0 Å². The van der Waals surface area contributed by atoms with Crippen molar-refractivity contribution in [3.8, 4) is 0 Å². The zero-order valence-electron chi connectivity index (χ0n) is 8.24. The van der Waals surface area contributed by atoms with Crippen LogP contribution in [0.2, 0.25) is 0 Å². The number of amides is 1. The second kappa shape index (κ2) is 4.13. The topological polar surface area (TPSA) is 69.6 Å². The van der Waals surface area contributed by atoms with Crippen LogP contribution in [0.3, 0.4) is 0 Å². The van der Waals surface area contributed by atoms with Gasteiger partial charge in [0.2, 0.25) is 5.91 Å². The maximum absolute atomic E-state index is 11.3. The molecule has 0 aliphatic carbocycles. The van der Waals surface area contributed by atoms with Gasteiger partial charge in [0, 0.05) is 4.47 Å². The molecule has 1 aromatic rings. The maximum atomic E-state index is 11.3. The number of rotatable bonds is 2. The van der Waals surface area contributed by atoms with E-state index < -0.39 is 5.97 Å². The van der Waals surface area contributed by atoms with E-state index in [2.05, 4.69) is 21.2 Å². The van der Waals surface area contributed by atoms with Crippen LogP contribution in [-0.2, 0) is 9.59 Å². The van der Waals surface area contributed by atoms with Crippen LogP contribution in [0.15, 0.2) is 22.7 Å². The molecule has 84 valence electrons. The molecule has 0 unspecified atom stereocenters. The summed E-state index contributed by atoms with van der Waals surface area (Å²) in [6, 6.07) is 5.33. The number of hydrogen-bond acceptors (Lipinski definition) is 3. The summed E-state index contributed by atoms with van der Waals surface area (Å²) in [7, 11) is 0. The minimum Gasteiger partial charge on any atom is -0.480 e. The smallest absolute Gasteiger partial charge is 0.323 e. The zero-order valence-corrected chi connectivity index (χ0v) is 9.82. The average molecular weight is 285 g/mol. The van der Waals surface area contributed by atoms with Crippen LogP contribution in [0.5, 0.6) is 0 Å². The summed E-state index contributed by atoms with van der Waals surface area (Å²) in [6.45, 7) is -0.118. The summed E-state index contributed by atoms with van der Waals surface area (Å²) < 4.78 is 0.845. The van der Waals surface area contributed by atoms with E-state index in [1.54, 1.807) is 18.2 Å². The molecule has 2 rings (SSSR count). The second-order valence-electron chi connectivity index (χ2n) is 3.46. The molecule has 1 heterocycles. The first kappa shape index (κ1) is 10.9. The Kier molecular flexibility index (Phi) is 2.82. The van der Waals surface area contributed by atoms with Crippen LogP contribution in [0.25, 0.3) is 0 Å². The molecule has 0 aromatic heterocycles. The van der Waals surface area contributed by atoms with E-state index >= 15 is 0 Å². The number of carbonyl (C=O) groups is 2. The summed E-state index contributed by atoms with van der Waals surface area (Å²) >= 11 is 3.31. The molecule has 0 spiro atoms. The Bertz CT molecular complexity index is 461. The fourth-order valence-electron chi connectivity index (χ4n) is 1.62. The van der Waals surface area contributed by atoms with E-state index in [1.165, 1.54) is 4.90 Å². The lowest BCUT2D eigenvalue weighted by molar-refractivity contribution is -0.135. The van der Waals surface area contributed by atoms with Crippen molar-refractivity contribution in [3.05, 3.63) is 22.7 Å². The minimum absolute atomic E-state index is 0.0652. The molecule has 0 saturated carbocycles. The molecule has 2 N–H and O–H groups in total. The van der Waals surface area contributed by atoms with Gasteiger partial charge in [-0.05, 0) is 18.2 Å². The molecule has 0 atom stereocenters. The van der Waals surface area contributed by atoms with Crippen molar-refractivity contribution in [3.63, 3.8) is 0 Å². The fourth-order valence-corrected chi connectivity index (χ4v) is 1.97. The Morgan fingerprint density at radius 2 is 2.31 bits per heavy atom. The largest absolute Gasteiger partial charge is 0.480 e. The molecule has 16 heavy (non-hydrogen) atoms. The van der Waals surface area contributed by atoms with E-state index in [0.717, 1.165) is 10.2 Å². The molecule has 1 aromatic carbocycles. The van der Waals surface area contributed by atoms with Gasteiger partial charge in [-0.15, -0.1) is 0 Å². The number of nitrogens with one attached hydrogen (secondary N) is 1. The molecule has 0 radical (unpaired) electrons. The Morgan fingerprint density at radius 1 is 1.56 bits per heavy atom. The highest BCUT2D eigenvalue weighted by atomic mass is 79.9. The van der Waals surface area contributed by atoms with Gasteiger partial charge in [0.25, 0.3) is 0 Å². The molecular weight excluding hydrogens is 276 g/mol. The average Bonchev–Trinajstić information content (AvgIpc) is 2.18. The second-order valence-corrected chi connectivity index (χ2v) is 4.38. The number of fused-ring (bicyclic) bond motifs is 1. The number of nitrogens with zero attached hydrogens (tertiary/aromatic N) is 1. The van der Waals surface area contributed by atoms with E-state index in [-0.39, 0.29) is 19.0 Å². The lowest BCUT2D eigenvalue weighted by Crippen LogP contribution is -2.41. The Hall–Kier alpha value is -1.56. The Morgan fingerprint density at radius 3 is 3.00 bits per heavy atom. The van der Waals surface area contributed by atoms with Gasteiger partial charge in [-0.2, -0.15) is 0 Å². The Balaban J connectivity index is 2.39. The number of carboxylic acid groups (broad SMARTS) is 1. The lowest BCUT2D eigenvalue weighted by Gasteiger charge is -2.29. The van der Waals surface area contributed by atoms with Gasteiger partial charge in [-0.1, -0.05) is 15.9 Å². The highest BCUT2D eigenvalue weighted by Crippen LogP contribution is 2.31. The standard InChI is InChI=1S/C10H9BrN2O3/c11-6-1-2-7-8(3-6)13(5-10(15)16)4-9(14)12-7/h1-3H,4-5H2,(H,12,14)(H,15,16). The van der Waals surface area contributed by atoms with Crippen molar-refractivity contribution in [2.24, 2.45) is 0 Å². The maximum Gasteiger partial charge on any atom is 0.323 e. The van der Waals surface area contributed by atoms with E-state index in [9.17, 15) is 9.59 Å². The summed E-state index contributed by atoms with van der Waals surface area (Å²) in [5, 5.41) is 11.5. The number of hydrogen-bond donors (Lipinski definition) is 2. The predicted octanol–water partition coefficient (Wildman–Crippen LogP) is 1.29. The van der Waals surface area contributed by atoms with Gasteiger partial charge in [0.1, 0.15) is 6.54 Å². The monoisotopic (exact) mass is 284 g/mol. The van der Waals surface area contributed by atoms with Gasteiger partial charge in [-0.25, -0.2) is 0 Å². The van der Waals surface area contributed by atoms with Crippen LogP contribution in [0, 0.1) is 0 Å². The Labute approximate surface area is 100 Å². The number of carboxylic acids is 1. The fraction of sp³-hybridized carbons (Fsp3) is 0.200. The van der Waals surface area contributed by atoms with E-state index in [4.69, 9.17) is 5.11 Å². The first-order chi connectivity index (χ1) is 7.56. The van der Waals surface area contributed by atoms with Crippen molar-refractivity contribution in [1.29, 1.82) is 0 Å². The lowest BCUT2D eigenvalue weighted by atomic mass is 10.2. The van der Waals surface area contributed by atoms with Crippen molar-refractivity contribution in [2.75, 3.05) is 23.3 Å². The molecule has 0 fully saturated rings. The molecule has 0 bridgehead atoms. The molecule has 0 saturated heterocycles. The van der Waals surface area contributed by atoms with E-state index in [0.29, 0.717) is 5.69 Å². The number of benzene rings is 1. The summed E-state index contributed by atoms with van der Waals surface area (Å²) in [5.74, 6) is -1.16. The molecule has 1 aliphatic heterocycles. The zero-order chi connectivity index (χ0) is 11.7. The molecule has 1 aliphatic rings. The number of aliphatic carboxylic acids is 1. The number of anilines is 2. The molecular formula is C10H9BrN2O3. The first-order valence-electron chi connectivity index (χ1n) is 4.62. The highest BCUT2D eigenvalue weighted by Gasteiger charge is 2.23. The van der Waals surface area contributed by atoms with Gasteiger partial charge >= 0.3 is 5.97 Å². The van der Waals surface area contributed by atoms with E-state index in [1.807, 2.05) is 0 Å². The van der Waals surface area contributed by atoms with Gasteiger partial charge < -0.3 is 15.3 Å². The summed E-state index contributed by atoms with van der Waals surface area (Å²) in [6.07, 6.45) is 0. The van der Waals surface area contributed by atoms with Crippen LogP contribution in [-0.4, -0.2) is 30.1 Å².